The van der Waals surface area contributed by atoms with Gasteiger partial charge in [0, 0.05) is 58.5 Å². The van der Waals surface area contributed by atoms with Gasteiger partial charge >= 0.3 is 5.97 Å². The third-order valence-corrected chi connectivity index (χ3v) is 16.0. The maximum atomic E-state index is 14.6. The molecule has 2 saturated heterocycles. The van der Waals surface area contributed by atoms with Crippen LogP contribution in [0.15, 0.2) is 42.5 Å². The van der Waals surface area contributed by atoms with Gasteiger partial charge in [0.25, 0.3) is 5.91 Å². The van der Waals surface area contributed by atoms with E-state index in [2.05, 4.69) is 46.5 Å². The molecular weight excluding hydrogens is 671 g/mol. The zero-order chi connectivity index (χ0) is 38.0. The van der Waals surface area contributed by atoms with Gasteiger partial charge in [0.15, 0.2) is 14.5 Å². The Morgan fingerprint density at radius 3 is 2.22 bits per heavy atom. The number of hydrogen-bond acceptors (Lipinski definition) is 10. The third kappa shape index (κ3) is 10.3. The lowest BCUT2D eigenvalue weighted by Gasteiger charge is -2.52. The summed E-state index contributed by atoms with van der Waals surface area (Å²) in [5.41, 5.74) is 0.723. The van der Waals surface area contributed by atoms with E-state index in [1.165, 1.54) is 7.11 Å². The standard InChI is InChI=1S/C39H65NO10Si/c1-13-46-36(31-23-33(50-51(14-2,15-3)16-4)38(8,9)32(47-31)22-30(44-11)25-43-10)40-35(41)34(48-37(42)29-20-18-17-19-21-29)39(45-12)24-26(5)27(6)28(7)49-39/h17-21,27-28,30-34,36H,5,13-16,22-25H2,1-4,6-12H3,(H,40,41)/t27-,28-,30+,31+,32-,33-,34-,36+,39-/m1/s1. The van der Waals surface area contributed by atoms with Crippen LogP contribution in [0, 0.1) is 11.3 Å². The molecule has 2 heterocycles. The summed E-state index contributed by atoms with van der Waals surface area (Å²) in [5, 5.41) is 3.05. The summed E-state index contributed by atoms with van der Waals surface area (Å²) in [4.78, 5) is 28.1. The monoisotopic (exact) mass is 735 g/mol. The molecule has 11 nitrogen and oxygen atoms in total. The predicted molar refractivity (Wildman–Crippen MR) is 199 cm³/mol. The number of benzene rings is 1. The molecule has 51 heavy (non-hydrogen) atoms. The Kier molecular flexibility index (Phi) is 16.3. The molecular formula is C39H65NO10Si. The van der Waals surface area contributed by atoms with Crippen LogP contribution in [-0.4, -0.2) is 103 Å². The van der Waals surface area contributed by atoms with Crippen LogP contribution in [0.2, 0.25) is 18.1 Å². The van der Waals surface area contributed by atoms with Crippen LogP contribution >= 0.6 is 0 Å². The van der Waals surface area contributed by atoms with E-state index >= 15 is 0 Å². The summed E-state index contributed by atoms with van der Waals surface area (Å²) < 4.78 is 50.0. The number of nitrogens with one attached hydrogen (secondary N) is 1. The van der Waals surface area contributed by atoms with Gasteiger partial charge in [-0.3, -0.25) is 4.79 Å². The molecule has 0 radical (unpaired) electrons. The van der Waals surface area contributed by atoms with Gasteiger partial charge in [-0.15, -0.1) is 0 Å². The molecule has 1 N–H and O–H groups in total. The van der Waals surface area contributed by atoms with Crippen molar-refractivity contribution in [2.75, 3.05) is 34.5 Å². The third-order valence-electron chi connectivity index (χ3n) is 11.3. The SMILES string of the molecule is C=C1C[C@](OC)([C@H](OC(=O)c2ccccc2)C(=O)N[C@@H](OCC)[C@@H]2C[C@@H](O[Si](CC)(CC)CC)C(C)(C)[C@@H](C[C@@H](COC)OC)O2)O[C@H](C)[C@@H]1C. The molecule has 3 rings (SSSR count). The highest BCUT2D eigenvalue weighted by atomic mass is 28.4. The van der Waals surface area contributed by atoms with Gasteiger partial charge in [-0.2, -0.15) is 0 Å². The maximum absolute atomic E-state index is 14.6. The van der Waals surface area contributed by atoms with Gasteiger partial charge in [-0.05, 0) is 44.1 Å². The smallest absolute Gasteiger partial charge is 0.339 e. The summed E-state index contributed by atoms with van der Waals surface area (Å²) in [7, 11) is 2.70. The molecule has 9 atom stereocenters. The fourth-order valence-electron chi connectivity index (χ4n) is 7.26. The molecule has 2 fully saturated rings. The van der Waals surface area contributed by atoms with Gasteiger partial charge in [0.05, 0.1) is 36.6 Å². The molecule has 0 spiro atoms. The highest BCUT2D eigenvalue weighted by molar-refractivity contribution is 6.73. The van der Waals surface area contributed by atoms with E-state index in [9.17, 15) is 9.59 Å². The largest absolute Gasteiger partial charge is 0.443 e. The lowest BCUT2D eigenvalue weighted by molar-refractivity contribution is -0.297. The van der Waals surface area contributed by atoms with Crippen LogP contribution in [0.25, 0.3) is 0 Å². The van der Waals surface area contributed by atoms with E-state index in [0.717, 1.165) is 23.7 Å². The van der Waals surface area contributed by atoms with Crippen molar-refractivity contribution < 1.29 is 47.2 Å². The van der Waals surface area contributed by atoms with E-state index in [-0.39, 0.29) is 43.4 Å². The Morgan fingerprint density at radius 1 is 1.04 bits per heavy atom. The maximum Gasteiger partial charge on any atom is 0.339 e. The van der Waals surface area contributed by atoms with Crippen LogP contribution in [0.1, 0.15) is 85.0 Å². The van der Waals surface area contributed by atoms with Crippen LogP contribution in [0.5, 0.6) is 0 Å². The minimum Gasteiger partial charge on any atom is -0.443 e. The lowest BCUT2D eigenvalue weighted by atomic mass is 9.74. The first-order valence-corrected chi connectivity index (χ1v) is 21.2. The van der Waals surface area contributed by atoms with Crippen molar-refractivity contribution in [3.63, 3.8) is 0 Å². The topological polar surface area (TPSA) is 120 Å². The summed E-state index contributed by atoms with van der Waals surface area (Å²) in [6, 6.07) is 11.5. The number of amides is 1. The molecule has 0 saturated carbocycles. The first-order valence-electron chi connectivity index (χ1n) is 18.6. The quantitative estimate of drug-likeness (QED) is 0.0715. The average Bonchev–Trinajstić information content (AvgIpc) is 3.12. The van der Waals surface area contributed by atoms with E-state index in [1.54, 1.807) is 44.6 Å². The fourth-order valence-corrected chi connectivity index (χ4v) is 10.3. The van der Waals surface area contributed by atoms with E-state index in [4.69, 9.17) is 37.6 Å². The van der Waals surface area contributed by atoms with E-state index in [0.29, 0.717) is 25.0 Å². The molecule has 0 aliphatic carbocycles. The molecule has 1 amide bonds. The molecule has 1 aromatic carbocycles. The number of carbonyl (C=O) groups is 2. The van der Waals surface area contributed by atoms with Gasteiger partial charge < -0.3 is 42.9 Å². The summed E-state index contributed by atoms with van der Waals surface area (Å²) >= 11 is 0. The number of ether oxygens (including phenoxy) is 7. The lowest BCUT2D eigenvalue weighted by Crippen LogP contribution is -2.64. The predicted octanol–water partition coefficient (Wildman–Crippen LogP) is 6.66. The van der Waals surface area contributed by atoms with Gasteiger partial charge in [0.1, 0.15) is 6.10 Å². The highest BCUT2D eigenvalue weighted by Gasteiger charge is 2.55. The number of carbonyl (C=O) groups excluding carboxylic acids is 2. The fraction of sp³-hybridized carbons (Fsp3) is 0.744. The summed E-state index contributed by atoms with van der Waals surface area (Å²) in [6.07, 6.45) is -2.90. The Balaban J connectivity index is 2.04. The van der Waals surface area contributed by atoms with Crippen molar-refractivity contribution in [3.8, 4) is 0 Å². The van der Waals surface area contributed by atoms with Crippen molar-refractivity contribution in [3.05, 3.63) is 48.0 Å². The van der Waals surface area contributed by atoms with E-state index < -0.39 is 49.8 Å². The van der Waals surface area contributed by atoms with Crippen LogP contribution in [0.3, 0.4) is 0 Å². The van der Waals surface area contributed by atoms with Crippen molar-refractivity contribution in [2.24, 2.45) is 11.3 Å². The number of esters is 1. The molecule has 2 aliphatic rings. The Labute approximate surface area is 307 Å². The van der Waals surface area contributed by atoms with Crippen LogP contribution in [0.4, 0.5) is 0 Å². The highest BCUT2D eigenvalue weighted by Crippen LogP contribution is 2.44. The zero-order valence-electron chi connectivity index (χ0n) is 33.0. The van der Waals surface area contributed by atoms with Gasteiger partial charge in [0.2, 0.25) is 11.9 Å². The minimum absolute atomic E-state index is 0.00455. The number of methoxy groups -OCH3 is 3. The molecule has 0 unspecified atom stereocenters. The first-order chi connectivity index (χ1) is 24.2. The summed E-state index contributed by atoms with van der Waals surface area (Å²) in [5.74, 6) is -2.94. The first kappa shape index (κ1) is 43.2. The van der Waals surface area contributed by atoms with Crippen molar-refractivity contribution in [1.82, 2.24) is 5.32 Å². The number of hydrogen-bond donors (Lipinski definition) is 1. The Hall–Kier alpha value is -2.16. The molecule has 2 aliphatic heterocycles. The normalized spacial score (nSPS) is 28.5. The average molecular weight is 736 g/mol. The Morgan fingerprint density at radius 2 is 1.69 bits per heavy atom. The second-order valence-electron chi connectivity index (χ2n) is 14.6. The van der Waals surface area contributed by atoms with E-state index in [1.807, 2.05) is 20.8 Å². The van der Waals surface area contributed by atoms with Crippen molar-refractivity contribution in [2.45, 2.75) is 141 Å². The second-order valence-corrected chi connectivity index (χ2v) is 19.3. The Bertz CT molecular complexity index is 1250. The molecule has 290 valence electrons. The van der Waals surface area contributed by atoms with Crippen molar-refractivity contribution >= 4 is 20.2 Å². The molecule has 1 aromatic rings. The van der Waals surface area contributed by atoms with Crippen LogP contribution < -0.4 is 5.32 Å². The zero-order valence-corrected chi connectivity index (χ0v) is 34.0. The molecule has 0 bridgehead atoms. The summed E-state index contributed by atoms with van der Waals surface area (Å²) in [6.45, 7) is 21.7. The van der Waals surface area contributed by atoms with Crippen LogP contribution in [-0.2, 0) is 42.4 Å². The van der Waals surface area contributed by atoms with Crippen molar-refractivity contribution in [1.29, 1.82) is 0 Å². The number of rotatable bonds is 19. The van der Waals surface area contributed by atoms with Gasteiger partial charge in [-0.1, -0.05) is 71.9 Å². The second kappa shape index (κ2) is 19.2. The molecule has 0 aromatic heterocycles. The van der Waals surface area contributed by atoms with Gasteiger partial charge in [-0.25, -0.2) is 4.79 Å². The molecule has 12 heteroatoms. The minimum atomic E-state index is -2.06.